The Kier molecular flexibility index (Phi) is 2.03. The average molecular weight is 218 g/mol. The van der Waals surface area contributed by atoms with Crippen LogP contribution in [0.3, 0.4) is 0 Å². The average Bonchev–Trinajstić information content (AvgIpc) is 2.30. The maximum Gasteiger partial charge on any atom is 0.244 e. The summed E-state index contributed by atoms with van der Waals surface area (Å²) in [5.74, 6) is 0.763. The molecule has 2 atom stereocenters. The van der Waals surface area contributed by atoms with Crippen molar-refractivity contribution >= 4 is 13.6 Å². The van der Waals surface area contributed by atoms with Crippen molar-refractivity contribution in [1.29, 1.82) is 0 Å². The second-order valence-electron chi connectivity index (χ2n) is 3.76. The first kappa shape index (κ1) is 8.99. The van der Waals surface area contributed by atoms with Gasteiger partial charge in [-0.2, -0.15) is 0 Å². The Balaban J connectivity index is 2.21. The smallest absolute Gasteiger partial charge is 0.244 e. The van der Waals surface area contributed by atoms with Crippen molar-refractivity contribution in [3.05, 3.63) is 48.1 Å². The van der Waals surface area contributed by atoms with Crippen LogP contribution in [0.5, 0.6) is 5.75 Å². The Bertz CT molecular complexity index is 488. The standard InChI is InChI=1S/C12H11O2P/c13-15-12-8-4-2-6-10(12)9-5-1-3-7-11(9)14-15/h1-7,12,15H,8H2. The van der Waals surface area contributed by atoms with E-state index >= 15 is 0 Å². The van der Waals surface area contributed by atoms with Crippen molar-refractivity contribution in [3.8, 4) is 5.75 Å². The first-order valence-corrected chi connectivity index (χ1v) is 6.43. The molecule has 3 heteroatoms. The van der Waals surface area contributed by atoms with Crippen LogP contribution < -0.4 is 4.52 Å². The van der Waals surface area contributed by atoms with Gasteiger partial charge in [0.25, 0.3) is 0 Å². The van der Waals surface area contributed by atoms with E-state index in [-0.39, 0.29) is 5.66 Å². The maximum absolute atomic E-state index is 11.9. The van der Waals surface area contributed by atoms with E-state index in [0.29, 0.717) is 0 Å². The Labute approximate surface area is 89.1 Å². The predicted octanol–water partition coefficient (Wildman–Crippen LogP) is 3.27. The van der Waals surface area contributed by atoms with Gasteiger partial charge >= 0.3 is 0 Å². The molecule has 1 heterocycles. The first-order valence-electron chi connectivity index (χ1n) is 5.04. The zero-order valence-corrected chi connectivity index (χ0v) is 9.14. The van der Waals surface area contributed by atoms with Gasteiger partial charge in [-0.3, -0.25) is 4.57 Å². The van der Waals surface area contributed by atoms with Crippen LogP contribution in [0.4, 0.5) is 0 Å². The Hall–Kier alpha value is -1.27. The summed E-state index contributed by atoms with van der Waals surface area (Å²) < 4.78 is 17.4. The van der Waals surface area contributed by atoms with E-state index in [4.69, 9.17) is 4.52 Å². The quantitative estimate of drug-likeness (QED) is 0.625. The molecule has 1 aromatic rings. The molecule has 0 fully saturated rings. The van der Waals surface area contributed by atoms with Crippen LogP contribution in [0.15, 0.2) is 42.5 Å². The number of para-hydroxylation sites is 1. The lowest BCUT2D eigenvalue weighted by Crippen LogP contribution is -2.14. The number of allylic oxidation sites excluding steroid dienone is 4. The minimum atomic E-state index is -1.97. The molecule has 0 saturated carbocycles. The summed E-state index contributed by atoms with van der Waals surface area (Å²) >= 11 is 0. The third-order valence-corrected chi connectivity index (χ3v) is 4.39. The highest BCUT2D eigenvalue weighted by Crippen LogP contribution is 2.50. The van der Waals surface area contributed by atoms with Gasteiger partial charge in [0.2, 0.25) is 8.03 Å². The van der Waals surface area contributed by atoms with Crippen molar-refractivity contribution in [2.45, 2.75) is 12.1 Å². The summed E-state index contributed by atoms with van der Waals surface area (Å²) in [7, 11) is -1.97. The Morgan fingerprint density at radius 3 is 3.13 bits per heavy atom. The Morgan fingerprint density at radius 2 is 2.20 bits per heavy atom. The minimum absolute atomic E-state index is 0.0786. The van der Waals surface area contributed by atoms with Gasteiger partial charge in [-0.15, -0.1) is 0 Å². The fourth-order valence-corrected chi connectivity index (χ4v) is 3.47. The lowest BCUT2D eigenvalue weighted by atomic mass is 9.96. The molecule has 0 amide bonds. The SMILES string of the molecule is O=[PH]1Oc2ccccc2C2=CC=CCC21. The van der Waals surface area contributed by atoms with E-state index < -0.39 is 8.03 Å². The zero-order chi connectivity index (χ0) is 10.3. The lowest BCUT2D eigenvalue weighted by molar-refractivity contribution is 0.492. The number of hydrogen-bond donors (Lipinski definition) is 0. The maximum atomic E-state index is 11.9. The van der Waals surface area contributed by atoms with Crippen LogP contribution in [0.25, 0.3) is 5.57 Å². The molecule has 15 heavy (non-hydrogen) atoms. The summed E-state index contributed by atoms with van der Waals surface area (Å²) in [6, 6.07) is 7.81. The summed E-state index contributed by atoms with van der Waals surface area (Å²) in [5, 5.41) is 0. The summed E-state index contributed by atoms with van der Waals surface area (Å²) in [6.07, 6.45) is 6.97. The second kappa shape index (κ2) is 3.39. The fourth-order valence-electron chi connectivity index (χ4n) is 2.10. The van der Waals surface area contributed by atoms with Crippen LogP contribution in [-0.4, -0.2) is 5.66 Å². The van der Waals surface area contributed by atoms with Crippen LogP contribution in [0.2, 0.25) is 0 Å². The predicted molar refractivity (Wildman–Crippen MR) is 61.6 cm³/mol. The van der Waals surface area contributed by atoms with Gasteiger partial charge in [0.15, 0.2) is 0 Å². The highest BCUT2D eigenvalue weighted by molar-refractivity contribution is 7.41. The van der Waals surface area contributed by atoms with E-state index in [9.17, 15) is 4.57 Å². The van der Waals surface area contributed by atoms with Crippen molar-refractivity contribution in [3.63, 3.8) is 0 Å². The molecule has 1 aromatic carbocycles. The van der Waals surface area contributed by atoms with E-state index in [1.807, 2.05) is 36.4 Å². The molecule has 0 radical (unpaired) electrons. The van der Waals surface area contributed by atoms with Crippen molar-refractivity contribution in [2.75, 3.05) is 0 Å². The van der Waals surface area contributed by atoms with Crippen LogP contribution in [0, 0.1) is 0 Å². The fraction of sp³-hybridized carbons (Fsp3) is 0.167. The van der Waals surface area contributed by atoms with Gasteiger partial charge in [-0.1, -0.05) is 36.4 Å². The molecule has 2 nitrogen and oxygen atoms in total. The van der Waals surface area contributed by atoms with Gasteiger partial charge in [-0.25, -0.2) is 0 Å². The van der Waals surface area contributed by atoms with Crippen LogP contribution in [-0.2, 0) is 4.57 Å². The molecule has 1 aliphatic heterocycles. The van der Waals surface area contributed by atoms with Gasteiger partial charge < -0.3 is 4.52 Å². The van der Waals surface area contributed by atoms with Gasteiger partial charge in [-0.05, 0) is 18.1 Å². The van der Waals surface area contributed by atoms with Crippen molar-refractivity contribution in [1.82, 2.24) is 0 Å². The van der Waals surface area contributed by atoms with E-state index in [2.05, 4.69) is 6.08 Å². The Morgan fingerprint density at radius 1 is 1.33 bits per heavy atom. The highest BCUT2D eigenvalue weighted by atomic mass is 31.1. The normalized spacial score (nSPS) is 27.3. The molecule has 76 valence electrons. The first-order chi connectivity index (χ1) is 7.36. The van der Waals surface area contributed by atoms with Crippen molar-refractivity contribution in [2.24, 2.45) is 0 Å². The van der Waals surface area contributed by atoms with Crippen LogP contribution >= 0.6 is 8.03 Å². The molecule has 0 N–H and O–H groups in total. The van der Waals surface area contributed by atoms with Crippen molar-refractivity contribution < 1.29 is 9.09 Å². The number of rotatable bonds is 0. The molecule has 3 rings (SSSR count). The largest absolute Gasteiger partial charge is 0.444 e. The second-order valence-corrected chi connectivity index (χ2v) is 5.29. The molecule has 2 aliphatic rings. The zero-order valence-electron chi connectivity index (χ0n) is 8.14. The lowest BCUT2D eigenvalue weighted by Gasteiger charge is -2.28. The minimum Gasteiger partial charge on any atom is -0.444 e. The molecule has 0 aromatic heterocycles. The number of fused-ring (bicyclic) bond motifs is 3. The highest BCUT2D eigenvalue weighted by Gasteiger charge is 2.30. The summed E-state index contributed by atoms with van der Waals surface area (Å²) in [6.45, 7) is 0. The molecule has 0 bridgehead atoms. The van der Waals surface area contributed by atoms with E-state index in [1.165, 1.54) is 5.57 Å². The molecule has 2 unspecified atom stereocenters. The van der Waals surface area contributed by atoms with Gasteiger partial charge in [0.1, 0.15) is 5.75 Å². The molecule has 0 saturated heterocycles. The van der Waals surface area contributed by atoms with E-state index in [0.717, 1.165) is 17.7 Å². The molecular formula is C12H11O2P. The third kappa shape index (κ3) is 1.37. The number of hydrogen-bond acceptors (Lipinski definition) is 2. The summed E-state index contributed by atoms with van der Waals surface area (Å²) in [4.78, 5) is 0. The molecule has 1 aliphatic carbocycles. The third-order valence-electron chi connectivity index (χ3n) is 2.85. The topological polar surface area (TPSA) is 26.3 Å². The molecule has 0 spiro atoms. The number of benzene rings is 1. The van der Waals surface area contributed by atoms with Crippen LogP contribution in [0.1, 0.15) is 12.0 Å². The van der Waals surface area contributed by atoms with E-state index in [1.54, 1.807) is 0 Å². The molecular weight excluding hydrogens is 207 g/mol. The monoisotopic (exact) mass is 218 g/mol. The summed E-state index contributed by atoms with van der Waals surface area (Å²) in [5.41, 5.74) is 2.34. The van der Waals surface area contributed by atoms with Gasteiger partial charge in [0, 0.05) is 5.56 Å². The van der Waals surface area contributed by atoms with Gasteiger partial charge in [0.05, 0.1) is 5.66 Å².